The fraction of sp³-hybridized carbons (Fsp3) is 1.00. The van der Waals surface area contributed by atoms with Gasteiger partial charge in [-0.05, 0) is 70.1 Å². The molecule has 0 aromatic rings. The summed E-state index contributed by atoms with van der Waals surface area (Å²) in [6, 6.07) is 0. The molecule has 0 amide bonds. The fourth-order valence-corrected chi connectivity index (χ4v) is 3.03. The van der Waals surface area contributed by atoms with Crippen molar-refractivity contribution in [3.8, 4) is 0 Å². The highest BCUT2D eigenvalue weighted by molar-refractivity contribution is 5.85. The zero-order valence-corrected chi connectivity index (χ0v) is 12.6. The van der Waals surface area contributed by atoms with E-state index in [2.05, 4.69) is 17.1 Å². The molecule has 0 aromatic carbocycles. The van der Waals surface area contributed by atoms with Crippen LogP contribution in [0.4, 0.5) is 0 Å². The molecule has 2 nitrogen and oxygen atoms in total. The van der Waals surface area contributed by atoms with E-state index < -0.39 is 0 Å². The molecule has 0 saturated carbocycles. The third-order valence-corrected chi connectivity index (χ3v) is 3.99. The largest absolute Gasteiger partial charge is 0.316 e. The maximum atomic E-state index is 3.51. The molecule has 2 unspecified atom stereocenters. The highest BCUT2D eigenvalue weighted by atomic mass is 35.5. The Morgan fingerprint density at radius 1 is 1.18 bits per heavy atom. The van der Waals surface area contributed by atoms with Gasteiger partial charge in [-0.25, -0.2) is 0 Å². The Morgan fingerprint density at radius 2 is 2.00 bits per heavy atom. The molecule has 0 aliphatic carbocycles. The molecule has 2 aliphatic rings. The van der Waals surface area contributed by atoms with Crippen LogP contribution in [-0.2, 0) is 0 Å². The summed E-state index contributed by atoms with van der Waals surface area (Å²) in [6.07, 6.45) is 7.13. The van der Waals surface area contributed by atoms with Crippen LogP contribution in [0.25, 0.3) is 0 Å². The van der Waals surface area contributed by atoms with Gasteiger partial charge in [-0.1, -0.05) is 6.92 Å². The zero-order valence-electron chi connectivity index (χ0n) is 11.0. The van der Waals surface area contributed by atoms with Crippen molar-refractivity contribution in [2.75, 3.05) is 32.7 Å². The lowest BCUT2D eigenvalue weighted by Crippen LogP contribution is -2.37. The first-order valence-corrected chi connectivity index (χ1v) is 6.77. The van der Waals surface area contributed by atoms with Crippen molar-refractivity contribution < 1.29 is 0 Å². The second kappa shape index (κ2) is 9.43. The quantitative estimate of drug-likeness (QED) is 0.856. The molecule has 104 valence electrons. The van der Waals surface area contributed by atoms with Crippen LogP contribution in [0.15, 0.2) is 0 Å². The number of likely N-dealkylation sites (tertiary alicyclic amines) is 1. The second-order valence-corrected chi connectivity index (χ2v) is 5.55. The molecule has 0 radical (unpaired) electrons. The van der Waals surface area contributed by atoms with Crippen molar-refractivity contribution >= 4 is 24.8 Å². The van der Waals surface area contributed by atoms with E-state index in [1.165, 1.54) is 64.8 Å². The molecule has 1 N–H and O–H groups in total. The molecule has 2 fully saturated rings. The topological polar surface area (TPSA) is 15.3 Å². The van der Waals surface area contributed by atoms with Gasteiger partial charge < -0.3 is 10.2 Å². The molecule has 17 heavy (non-hydrogen) atoms. The maximum absolute atomic E-state index is 3.51. The van der Waals surface area contributed by atoms with E-state index >= 15 is 0 Å². The standard InChI is InChI=1S/C13H26N2.2ClH/c1-12-4-3-8-15(11-12)9-6-13-5-2-7-14-10-13;;/h12-14H,2-11H2,1H3;2*1H. The lowest BCUT2D eigenvalue weighted by atomic mass is 9.94. The van der Waals surface area contributed by atoms with Gasteiger partial charge in [0.15, 0.2) is 0 Å². The summed E-state index contributed by atoms with van der Waals surface area (Å²) in [5.74, 6) is 1.89. The van der Waals surface area contributed by atoms with Crippen molar-refractivity contribution in [1.82, 2.24) is 10.2 Å². The highest BCUT2D eigenvalue weighted by Crippen LogP contribution is 2.19. The van der Waals surface area contributed by atoms with E-state index in [1.54, 1.807) is 0 Å². The van der Waals surface area contributed by atoms with Crippen LogP contribution in [-0.4, -0.2) is 37.6 Å². The summed E-state index contributed by atoms with van der Waals surface area (Å²) in [6.45, 7) is 8.95. The van der Waals surface area contributed by atoms with Crippen LogP contribution in [0.5, 0.6) is 0 Å². The molecule has 2 rings (SSSR count). The van der Waals surface area contributed by atoms with Crippen LogP contribution < -0.4 is 5.32 Å². The van der Waals surface area contributed by atoms with E-state index in [-0.39, 0.29) is 24.8 Å². The van der Waals surface area contributed by atoms with Crippen molar-refractivity contribution in [1.29, 1.82) is 0 Å². The first-order chi connectivity index (χ1) is 7.34. The number of nitrogens with one attached hydrogen (secondary N) is 1. The first kappa shape index (κ1) is 17.5. The second-order valence-electron chi connectivity index (χ2n) is 5.55. The molecule has 2 atom stereocenters. The molecular weight excluding hydrogens is 255 g/mol. The smallest absolute Gasteiger partial charge is 0.000703 e. The van der Waals surface area contributed by atoms with E-state index in [9.17, 15) is 0 Å². The van der Waals surface area contributed by atoms with Gasteiger partial charge in [-0.15, -0.1) is 24.8 Å². The molecule has 4 heteroatoms. The number of hydrogen-bond donors (Lipinski definition) is 1. The molecule has 2 heterocycles. The van der Waals surface area contributed by atoms with Crippen LogP contribution in [0, 0.1) is 11.8 Å². The summed E-state index contributed by atoms with van der Waals surface area (Å²) in [4.78, 5) is 2.68. The Labute approximate surface area is 119 Å². The van der Waals surface area contributed by atoms with Crippen molar-refractivity contribution in [2.45, 2.75) is 39.0 Å². The zero-order chi connectivity index (χ0) is 10.5. The predicted molar refractivity (Wildman–Crippen MR) is 79.5 cm³/mol. The lowest BCUT2D eigenvalue weighted by molar-refractivity contribution is 0.168. The SMILES string of the molecule is CC1CCCN(CCC2CCCNC2)C1.Cl.Cl. The summed E-state index contributed by atoms with van der Waals surface area (Å²) >= 11 is 0. The van der Waals surface area contributed by atoms with E-state index in [4.69, 9.17) is 0 Å². The van der Waals surface area contributed by atoms with Crippen molar-refractivity contribution in [3.63, 3.8) is 0 Å². The molecule has 0 bridgehead atoms. The fourth-order valence-electron chi connectivity index (χ4n) is 3.03. The Morgan fingerprint density at radius 3 is 2.65 bits per heavy atom. The average Bonchev–Trinajstić information content (AvgIpc) is 2.28. The molecule has 2 aliphatic heterocycles. The molecular formula is C13H28Cl2N2. The van der Waals surface area contributed by atoms with Gasteiger partial charge in [0.05, 0.1) is 0 Å². The maximum Gasteiger partial charge on any atom is 0.000703 e. The summed E-state index contributed by atoms with van der Waals surface area (Å²) in [7, 11) is 0. The van der Waals surface area contributed by atoms with Crippen molar-refractivity contribution in [3.05, 3.63) is 0 Å². The van der Waals surface area contributed by atoms with Crippen LogP contribution in [0.1, 0.15) is 39.0 Å². The van der Waals surface area contributed by atoms with Gasteiger partial charge in [-0.3, -0.25) is 0 Å². The Balaban J connectivity index is 0.00000128. The lowest BCUT2D eigenvalue weighted by Gasteiger charge is -2.32. The van der Waals surface area contributed by atoms with E-state index in [0.29, 0.717) is 0 Å². The monoisotopic (exact) mass is 282 g/mol. The highest BCUT2D eigenvalue weighted by Gasteiger charge is 2.18. The molecule has 2 saturated heterocycles. The van der Waals surface area contributed by atoms with Gasteiger partial charge in [0.2, 0.25) is 0 Å². The third kappa shape index (κ3) is 6.28. The number of hydrogen-bond acceptors (Lipinski definition) is 2. The van der Waals surface area contributed by atoms with Gasteiger partial charge in [-0.2, -0.15) is 0 Å². The van der Waals surface area contributed by atoms with E-state index in [1.807, 2.05) is 0 Å². The Kier molecular flexibility index (Phi) is 9.71. The summed E-state index contributed by atoms with van der Waals surface area (Å²) < 4.78 is 0. The number of piperidine rings is 2. The summed E-state index contributed by atoms with van der Waals surface area (Å²) in [5, 5.41) is 3.51. The van der Waals surface area contributed by atoms with Gasteiger partial charge in [0, 0.05) is 6.54 Å². The normalized spacial score (nSPS) is 30.2. The van der Waals surface area contributed by atoms with Crippen LogP contribution in [0.2, 0.25) is 0 Å². The number of halogens is 2. The minimum atomic E-state index is 0. The van der Waals surface area contributed by atoms with Crippen LogP contribution >= 0.6 is 24.8 Å². The predicted octanol–water partition coefficient (Wildman–Crippen LogP) is 2.95. The minimum absolute atomic E-state index is 0. The Bertz CT molecular complexity index is 184. The van der Waals surface area contributed by atoms with Gasteiger partial charge in [0.1, 0.15) is 0 Å². The average molecular weight is 283 g/mol. The van der Waals surface area contributed by atoms with Gasteiger partial charge >= 0.3 is 0 Å². The van der Waals surface area contributed by atoms with E-state index in [0.717, 1.165) is 11.8 Å². The van der Waals surface area contributed by atoms with Gasteiger partial charge in [0.25, 0.3) is 0 Å². The molecule has 0 spiro atoms. The summed E-state index contributed by atoms with van der Waals surface area (Å²) in [5.41, 5.74) is 0. The third-order valence-electron chi connectivity index (χ3n) is 3.99. The first-order valence-electron chi connectivity index (χ1n) is 6.77. The van der Waals surface area contributed by atoms with Crippen molar-refractivity contribution in [2.24, 2.45) is 11.8 Å². The number of rotatable bonds is 3. The molecule has 0 aromatic heterocycles. The number of nitrogens with zero attached hydrogens (tertiary/aromatic N) is 1. The minimum Gasteiger partial charge on any atom is -0.316 e. The van der Waals surface area contributed by atoms with Crippen LogP contribution in [0.3, 0.4) is 0 Å². The Hall–Kier alpha value is 0.500.